The van der Waals surface area contributed by atoms with Gasteiger partial charge in [-0.15, -0.1) is 0 Å². The van der Waals surface area contributed by atoms with Crippen LogP contribution in [0.5, 0.6) is 0 Å². The van der Waals surface area contributed by atoms with Crippen LogP contribution in [0.3, 0.4) is 0 Å². The first-order valence-corrected chi connectivity index (χ1v) is 11.0. The first-order chi connectivity index (χ1) is 15.5. The number of hydrogen-bond acceptors (Lipinski definition) is 5. The zero-order chi connectivity index (χ0) is 22.3. The number of nitrogens with zero attached hydrogens (tertiary/aromatic N) is 2. The van der Waals surface area contributed by atoms with Crippen molar-refractivity contribution in [3.05, 3.63) is 59.9 Å². The largest absolute Gasteiger partial charge is 0.464 e. The van der Waals surface area contributed by atoms with Gasteiger partial charge in [-0.25, -0.2) is 0 Å². The molecule has 2 amide bonds. The van der Waals surface area contributed by atoms with Crippen molar-refractivity contribution < 1.29 is 24.2 Å². The molecule has 0 spiro atoms. The molecule has 2 heterocycles. The van der Waals surface area contributed by atoms with Crippen LogP contribution in [0.2, 0.25) is 0 Å². The van der Waals surface area contributed by atoms with E-state index in [-0.39, 0.29) is 18.4 Å². The van der Waals surface area contributed by atoms with Gasteiger partial charge in [-0.1, -0.05) is 18.2 Å². The Balaban J connectivity index is 1.27. The van der Waals surface area contributed by atoms with E-state index in [0.29, 0.717) is 51.0 Å². The van der Waals surface area contributed by atoms with Crippen molar-refractivity contribution in [1.82, 2.24) is 9.80 Å². The van der Waals surface area contributed by atoms with Gasteiger partial charge in [0.25, 0.3) is 11.8 Å². The predicted octanol–water partition coefficient (Wildman–Crippen LogP) is 2.44. The van der Waals surface area contributed by atoms with Crippen molar-refractivity contribution in [2.75, 3.05) is 32.8 Å². The molecule has 0 atom stereocenters. The van der Waals surface area contributed by atoms with Gasteiger partial charge < -0.3 is 24.4 Å². The minimum absolute atomic E-state index is 0.0516. The molecule has 0 bridgehead atoms. The maximum Gasteiger partial charge on any atom is 0.254 e. The van der Waals surface area contributed by atoms with Gasteiger partial charge in [-0.05, 0) is 54.7 Å². The van der Waals surface area contributed by atoms with Crippen LogP contribution in [-0.4, -0.2) is 70.2 Å². The first kappa shape index (κ1) is 20.7. The second-order valence-electron chi connectivity index (χ2n) is 8.64. The smallest absolute Gasteiger partial charge is 0.254 e. The van der Waals surface area contributed by atoms with Crippen molar-refractivity contribution >= 4 is 22.8 Å². The van der Waals surface area contributed by atoms with Crippen molar-refractivity contribution in [3.8, 4) is 11.1 Å². The maximum absolute atomic E-state index is 12.9. The van der Waals surface area contributed by atoms with Crippen molar-refractivity contribution in [3.63, 3.8) is 0 Å². The molecule has 2 aliphatic rings. The quantitative estimate of drug-likeness (QED) is 0.643. The summed E-state index contributed by atoms with van der Waals surface area (Å²) in [5, 5.41) is 20.3. The minimum atomic E-state index is -1.15. The van der Waals surface area contributed by atoms with E-state index in [0.717, 1.165) is 27.7 Å². The number of fused-ring (bicyclic) bond motifs is 1. The van der Waals surface area contributed by atoms with Gasteiger partial charge in [0.05, 0.1) is 6.26 Å². The van der Waals surface area contributed by atoms with Gasteiger partial charge >= 0.3 is 0 Å². The van der Waals surface area contributed by atoms with E-state index in [9.17, 15) is 19.8 Å². The van der Waals surface area contributed by atoms with Gasteiger partial charge in [0.1, 0.15) is 11.2 Å². The number of aliphatic hydroxyl groups excluding tert-OH is 1. The zero-order valence-corrected chi connectivity index (χ0v) is 17.8. The Morgan fingerprint density at radius 3 is 2.25 bits per heavy atom. The van der Waals surface area contributed by atoms with Crippen LogP contribution in [0, 0.1) is 0 Å². The lowest BCUT2D eigenvalue weighted by Crippen LogP contribution is -2.53. The van der Waals surface area contributed by atoms with E-state index >= 15 is 0 Å². The summed E-state index contributed by atoms with van der Waals surface area (Å²) in [6.07, 6.45) is 3.30. The fraction of sp³-hybridized carbons (Fsp3) is 0.360. The number of aliphatic hydroxyl groups is 2. The molecule has 166 valence electrons. The lowest BCUT2D eigenvalue weighted by atomic mass is 10.0. The Hall–Kier alpha value is -3.16. The highest BCUT2D eigenvalue weighted by Gasteiger charge is 2.50. The third kappa shape index (κ3) is 3.78. The van der Waals surface area contributed by atoms with Gasteiger partial charge in [-0.3, -0.25) is 9.59 Å². The zero-order valence-electron chi connectivity index (χ0n) is 17.8. The Morgan fingerprint density at radius 1 is 0.938 bits per heavy atom. The van der Waals surface area contributed by atoms with Crippen molar-refractivity contribution in [1.29, 1.82) is 0 Å². The molecule has 1 saturated heterocycles. The fourth-order valence-electron chi connectivity index (χ4n) is 4.30. The van der Waals surface area contributed by atoms with E-state index in [4.69, 9.17) is 4.42 Å². The molecular weight excluding hydrogens is 408 g/mol. The number of carbonyl (C=O) groups is 2. The number of carbonyl (C=O) groups excluding carboxylic acids is 2. The molecule has 2 aromatic carbocycles. The Bertz CT molecular complexity index is 1150. The van der Waals surface area contributed by atoms with Crippen molar-refractivity contribution in [2.45, 2.75) is 24.9 Å². The normalized spacial score (nSPS) is 17.6. The molecule has 1 aliphatic heterocycles. The lowest BCUT2D eigenvalue weighted by Gasteiger charge is -2.35. The topological polar surface area (TPSA) is 94.2 Å². The molecular formula is C25H26N2O5. The lowest BCUT2D eigenvalue weighted by molar-refractivity contribution is -0.143. The molecule has 2 fully saturated rings. The van der Waals surface area contributed by atoms with E-state index in [2.05, 4.69) is 0 Å². The van der Waals surface area contributed by atoms with Gasteiger partial charge in [0.2, 0.25) is 0 Å². The SMILES string of the molecule is O=C(c1ccc(-c2ccc3occ(CCO)c3c2)cc1)N1CCN(C(=O)C2(O)CC2)CC1. The Morgan fingerprint density at radius 2 is 1.59 bits per heavy atom. The summed E-state index contributed by atoms with van der Waals surface area (Å²) in [6, 6.07) is 13.5. The molecule has 0 unspecified atom stereocenters. The summed E-state index contributed by atoms with van der Waals surface area (Å²) in [6.45, 7) is 1.90. The van der Waals surface area contributed by atoms with Gasteiger partial charge in [0.15, 0.2) is 0 Å². The van der Waals surface area contributed by atoms with E-state index in [1.165, 1.54) is 0 Å². The highest BCUT2D eigenvalue weighted by atomic mass is 16.3. The number of piperazine rings is 1. The standard InChI is InChI=1S/C25H26N2O5/c28-14-7-20-16-32-22-6-5-19(15-21(20)22)17-1-3-18(4-2-17)23(29)26-10-12-27(13-11-26)24(30)25(31)8-9-25/h1-6,15-16,28,31H,7-14H2. The molecule has 1 aromatic heterocycles. The van der Waals surface area contributed by atoms with Crippen LogP contribution in [0.15, 0.2) is 53.1 Å². The van der Waals surface area contributed by atoms with Crippen LogP contribution in [0.4, 0.5) is 0 Å². The molecule has 7 nitrogen and oxygen atoms in total. The fourth-order valence-corrected chi connectivity index (χ4v) is 4.30. The molecule has 1 saturated carbocycles. The molecule has 1 aliphatic carbocycles. The monoisotopic (exact) mass is 434 g/mol. The number of amides is 2. The third-order valence-corrected chi connectivity index (χ3v) is 6.48. The summed E-state index contributed by atoms with van der Waals surface area (Å²) in [4.78, 5) is 28.6. The molecule has 3 aromatic rings. The molecule has 32 heavy (non-hydrogen) atoms. The highest BCUT2D eigenvalue weighted by Crippen LogP contribution is 2.37. The van der Waals surface area contributed by atoms with E-state index in [1.807, 2.05) is 42.5 Å². The van der Waals surface area contributed by atoms with Crippen molar-refractivity contribution in [2.24, 2.45) is 0 Å². The first-order valence-electron chi connectivity index (χ1n) is 11.0. The van der Waals surface area contributed by atoms with Gasteiger partial charge in [-0.2, -0.15) is 0 Å². The molecule has 2 N–H and O–H groups in total. The van der Waals surface area contributed by atoms with Gasteiger partial charge in [0, 0.05) is 49.3 Å². The number of benzene rings is 2. The highest BCUT2D eigenvalue weighted by molar-refractivity contribution is 5.95. The van der Waals surface area contributed by atoms with Crippen LogP contribution >= 0.6 is 0 Å². The minimum Gasteiger partial charge on any atom is -0.464 e. The third-order valence-electron chi connectivity index (χ3n) is 6.48. The maximum atomic E-state index is 12.9. The molecule has 5 rings (SSSR count). The van der Waals surface area contributed by atoms with Crippen LogP contribution in [-0.2, 0) is 11.2 Å². The number of hydrogen-bond donors (Lipinski definition) is 2. The van der Waals surface area contributed by atoms with E-state index in [1.54, 1.807) is 16.1 Å². The van der Waals surface area contributed by atoms with Crippen LogP contribution < -0.4 is 0 Å². The number of furan rings is 1. The average molecular weight is 434 g/mol. The second kappa shape index (κ2) is 8.07. The van der Waals surface area contributed by atoms with E-state index < -0.39 is 5.60 Å². The second-order valence-corrected chi connectivity index (χ2v) is 8.64. The summed E-state index contributed by atoms with van der Waals surface area (Å²) in [5.74, 6) is -0.255. The van der Waals surface area contributed by atoms with Crippen LogP contribution in [0.1, 0.15) is 28.8 Å². The van der Waals surface area contributed by atoms with Crippen LogP contribution in [0.25, 0.3) is 22.1 Å². The molecule has 0 radical (unpaired) electrons. The number of rotatable bonds is 5. The molecule has 7 heteroatoms. The summed E-state index contributed by atoms with van der Waals surface area (Å²) in [7, 11) is 0. The Labute approximate surface area is 185 Å². The summed E-state index contributed by atoms with van der Waals surface area (Å²) < 4.78 is 5.55. The Kier molecular flexibility index (Phi) is 5.23. The summed E-state index contributed by atoms with van der Waals surface area (Å²) in [5.41, 5.74) is 3.23. The summed E-state index contributed by atoms with van der Waals surface area (Å²) >= 11 is 0. The predicted molar refractivity (Wildman–Crippen MR) is 119 cm³/mol. The average Bonchev–Trinajstić information content (AvgIpc) is 3.47.